The molecule has 1 aliphatic carbocycles. The van der Waals surface area contributed by atoms with Crippen molar-refractivity contribution in [3.63, 3.8) is 0 Å². The number of likely N-dealkylation sites (tertiary alicyclic amines) is 1. The van der Waals surface area contributed by atoms with Crippen molar-refractivity contribution in [3.8, 4) is 0 Å². The van der Waals surface area contributed by atoms with Gasteiger partial charge in [0.25, 0.3) is 0 Å². The highest BCUT2D eigenvalue weighted by atomic mass is 35.5. The van der Waals surface area contributed by atoms with Crippen LogP contribution in [0.5, 0.6) is 0 Å². The molecule has 27 heavy (non-hydrogen) atoms. The lowest BCUT2D eigenvalue weighted by Crippen LogP contribution is -2.55. The van der Waals surface area contributed by atoms with Gasteiger partial charge in [0, 0.05) is 16.6 Å². The van der Waals surface area contributed by atoms with E-state index in [0.717, 1.165) is 36.0 Å². The number of piperidine rings is 1. The Hall–Kier alpha value is -0.570. The minimum absolute atomic E-state index is 0.172. The van der Waals surface area contributed by atoms with Crippen LogP contribution in [0.1, 0.15) is 71.8 Å². The van der Waals surface area contributed by atoms with Crippen molar-refractivity contribution in [2.24, 2.45) is 11.8 Å². The van der Waals surface area contributed by atoms with Crippen molar-refractivity contribution in [2.75, 3.05) is 26.2 Å². The van der Waals surface area contributed by atoms with Crippen LogP contribution in [0.15, 0.2) is 24.3 Å². The molecule has 3 unspecified atom stereocenters. The van der Waals surface area contributed by atoms with Crippen molar-refractivity contribution in [1.82, 2.24) is 9.80 Å². The van der Waals surface area contributed by atoms with Gasteiger partial charge in [-0.05, 0) is 87.8 Å². The third-order valence-electron chi connectivity index (χ3n) is 7.62. The zero-order valence-corrected chi connectivity index (χ0v) is 18.6. The van der Waals surface area contributed by atoms with Gasteiger partial charge in [-0.15, -0.1) is 0 Å². The molecule has 2 fully saturated rings. The van der Waals surface area contributed by atoms with Crippen LogP contribution in [0, 0.1) is 11.8 Å². The molecule has 0 bridgehead atoms. The van der Waals surface area contributed by atoms with Crippen LogP contribution in [0.4, 0.5) is 0 Å². The van der Waals surface area contributed by atoms with E-state index in [-0.39, 0.29) is 5.54 Å². The van der Waals surface area contributed by atoms with Gasteiger partial charge in [-0.2, -0.15) is 0 Å². The molecule has 2 nitrogen and oxygen atoms in total. The summed E-state index contributed by atoms with van der Waals surface area (Å²) in [6, 6.07) is 9.47. The quantitative estimate of drug-likeness (QED) is 0.571. The topological polar surface area (TPSA) is 6.48 Å². The molecule has 1 saturated carbocycles. The fourth-order valence-electron chi connectivity index (χ4n) is 6.00. The molecular formula is C24H39ClN2. The zero-order valence-electron chi connectivity index (χ0n) is 17.9. The molecule has 1 heterocycles. The van der Waals surface area contributed by atoms with Gasteiger partial charge in [-0.3, -0.25) is 4.90 Å². The Morgan fingerprint density at radius 3 is 2.19 bits per heavy atom. The van der Waals surface area contributed by atoms with Gasteiger partial charge in [-0.25, -0.2) is 0 Å². The molecule has 0 amide bonds. The Bertz CT molecular complexity index is 575. The summed E-state index contributed by atoms with van der Waals surface area (Å²) >= 11 is 6.20. The molecule has 2 aliphatic rings. The average molecular weight is 391 g/mol. The SMILES string of the molecule is CCC1CCN(C2CCC(c3ccc(Cl)cc3)(N(CC)CC)CC2C)CC1. The Labute approximate surface area is 172 Å². The van der Waals surface area contributed by atoms with E-state index in [1.165, 1.54) is 57.2 Å². The van der Waals surface area contributed by atoms with E-state index in [0.29, 0.717) is 0 Å². The first-order valence-electron chi connectivity index (χ1n) is 11.3. The van der Waals surface area contributed by atoms with E-state index in [1.54, 1.807) is 0 Å². The van der Waals surface area contributed by atoms with Crippen LogP contribution >= 0.6 is 11.6 Å². The van der Waals surface area contributed by atoms with Crippen LogP contribution < -0.4 is 0 Å². The molecule has 0 aromatic heterocycles. The summed E-state index contributed by atoms with van der Waals surface area (Å²) in [4.78, 5) is 5.52. The first-order chi connectivity index (χ1) is 13.0. The summed E-state index contributed by atoms with van der Waals surface area (Å²) in [5.41, 5.74) is 1.64. The molecule has 3 atom stereocenters. The fraction of sp³-hybridized carbons (Fsp3) is 0.750. The number of halogens is 1. The standard InChI is InChI=1S/C24H39ClN2/c1-5-20-13-16-26(17-14-20)23-12-15-24(18-19(23)4,27(6-2)7-3)21-8-10-22(25)11-9-21/h8-11,19-20,23H,5-7,12-18H2,1-4H3. The predicted molar refractivity (Wildman–Crippen MR) is 117 cm³/mol. The first kappa shape index (κ1) is 21.1. The second-order valence-corrected chi connectivity index (χ2v) is 9.32. The Balaban J connectivity index is 1.79. The summed E-state index contributed by atoms with van der Waals surface area (Å²) in [5.74, 6) is 1.69. The Kier molecular flexibility index (Phi) is 7.27. The minimum atomic E-state index is 0.172. The summed E-state index contributed by atoms with van der Waals surface area (Å²) in [7, 11) is 0. The summed E-state index contributed by atoms with van der Waals surface area (Å²) in [6.45, 7) is 14.3. The molecule has 0 spiro atoms. The van der Waals surface area contributed by atoms with Crippen molar-refractivity contribution < 1.29 is 0 Å². The molecule has 152 valence electrons. The fourth-order valence-corrected chi connectivity index (χ4v) is 6.12. The van der Waals surface area contributed by atoms with E-state index in [4.69, 9.17) is 11.6 Å². The summed E-state index contributed by atoms with van der Waals surface area (Å²) < 4.78 is 0. The van der Waals surface area contributed by atoms with Crippen molar-refractivity contribution in [3.05, 3.63) is 34.9 Å². The maximum atomic E-state index is 6.20. The monoisotopic (exact) mass is 390 g/mol. The van der Waals surface area contributed by atoms with Crippen LogP contribution in [0.25, 0.3) is 0 Å². The molecule has 1 aromatic rings. The number of hydrogen-bond donors (Lipinski definition) is 0. The van der Waals surface area contributed by atoms with E-state index < -0.39 is 0 Å². The number of benzene rings is 1. The molecule has 3 heteroatoms. The van der Waals surface area contributed by atoms with Gasteiger partial charge in [0.05, 0.1) is 0 Å². The Morgan fingerprint density at radius 1 is 1.04 bits per heavy atom. The lowest BCUT2D eigenvalue weighted by Gasteiger charge is -2.53. The largest absolute Gasteiger partial charge is 0.300 e. The van der Waals surface area contributed by atoms with Crippen LogP contribution in [-0.4, -0.2) is 42.0 Å². The summed E-state index contributed by atoms with van der Waals surface area (Å²) in [5, 5.41) is 0.842. The Morgan fingerprint density at radius 2 is 1.67 bits per heavy atom. The minimum Gasteiger partial charge on any atom is -0.300 e. The highest BCUT2D eigenvalue weighted by molar-refractivity contribution is 6.30. The highest BCUT2D eigenvalue weighted by Crippen LogP contribution is 2.46. The molecule has 0 N–H and O–H groups in total. The van der Waals surface area contributed by atoms with Crippen molar-refractivity contribution in [1.29, 1.82) is 0 Å². The van der Waals surface area contributed by atoms with E-state index in [2.05, 4.69) is 61.8 Å². The maximum Gasteiger partial charge on any atom is 0.0464 e. The third kappa shape index (κ3) is 4.38. The molecule has 0 radical (unpaired) electrons. The van der Waals surface area contributed by atoms with Crippen LogP contribution in [0.3, 0.4) is 0 Å². The van der Waals surface area contributed by atoms with E-state index >= 15 is 0 Å². The van der Waals surface area contributed by atoms with Gasteiger partial charge in [0.2, 0.25) is 0 Å². The predicted octanol–water partition coefficient (Wildman–Crippen LogP) is 6.19. The molecular weight excluding hydrogens is 352 g/mol. The van der Waals surface area contributed by atoms with Gasteiger partial charge >= 0.3 is 0 Å². The lowest BCUT2D eigenvalue weighted by atomic mass is 9.68. The lowest BCUT2D eigenvalue weighted by molar-refractivity contribution is -0.0152. The maximum absolute atomic E-state index is 6.20. The second-order valence-electron chi connectivity index (χ2n) is 8.89. The number of nitrogens with zero attached hydrogens (tertiary/aromatic N) is 2. The average Bonchev–Trinajstić information content (AvgIpc) is 2.69. The van der Waals surface area contributed by atoms with Gasteiger partial charge in [0.1, 0.15) is 0 Å². The van der Waals surface area contributed by atoms with Crippen molar-refractivity contribution >= 4 is 11.6 Å². The highest BCUT2D eigenvalue weighted by Gasteiger charge is 2.45. The molecule has 3 rings (SSSR count). The normalized spacial score (nSPS) is 30.7. The smallest absolute Gasteiger partial charge is 0.0464 e. The molecule has 1 saturated heterocycles. The number of rotatable bonds is 6. The van der Waals surface area contributed by atoms with Crippen LogP contribution in [0.2, 0.25) is 5.02 Å². The number of hydrogen-bond acceptors (Lipinski definition) is 2. The molecule has 1 aliphatic heterocycles. The summed E-state index contributed by atoms with van der Waals surface area (Å²) in [6.07, 6.45) is 8.00. The van der Waals surface area contributed by atoms with Gasteiger partial charge < -0.3 is 4.90 Å². The van der Waals surface area contributed by atoms with E-state index in [9.17, 15) is 0 Å². The van der Waals surface area contributed by atoms with Crippen molar-refractivity contribution in [2.45, 2.75) is 77.8 Å². The van der Waals surface area contributed by atoms with Gasteiger partial charge in [0.15, 0.2) is 0 Å². The second kappa shape index (κ2) is 9.29. The zero-order chi connectivity index (χ0) is 19.4. The first-order valence-corrected chi connectivity index (χ1v) is 11.7. The third-order valence-corrected chi connectivity index (χ3v) is 7.87. The van der Waals surface area contributed by atoms with Gasteiger partial charge in [-0.1, -0.05) is 57.8 Å². The van der Waals surface area contributed by atoms with Crippen LogP contribution in [-0.2, 0) is 5.54 Å². The van der Waals surface area contributed by atoms with E-state index in [1.807, 2.05) is 0 Å². The molecule has 1 aromatic carbocycles.